The van der Waals surface area contributed by atoms with E-state index in [9.17, 15) is 18.0 Å². The molecule has 2 aliphatic rings. The van der Waals surface area contributed by atoms with E-state index in [1.165, 1.54) is 32.6 Å². The number of rotatable bonds is 7. The molecule has 1 aromatic rings. The Labute approximate surface area is 184 Å². The average molecular weight is 452 g/mol. The maximum absolute atomic E-state index is 12.7. The lowest BCUT2D eigenvalue weighted by molar-refractivity contribution is -0.137. The van der Waals surface area contributed by atoms with Gasteiger partial charge in [-0.25, -0.2) is 8.42 Å². The van der Waals surface area contributed by atoms with Crippen LogP contribution in [0.15, 0.2) is 29.2 Å². The van der Waals surface area contributed by atoms with Crippen LogP contribution in [-0.2, 0) is 19.6 Å². The van der Waals surface area contributed by atoms with Gasteiger partial charge in [0.05, 0.1) is 18.0 Å². The number of sulfonamides is 1. The van der Waals surface area contributed by atoms with Crippen LogP contribution in [0.4, 0.5) is 0 Å². The van der Waals surface area contributed by atoms with Gasteiger partial charge in [-0.3, -0.25) is 9.59 Å². The van der Waals surface area contributed by atoms with Gasteiger partial charge in [-0.15, -0.1) is 0 Å². The van der Waals surface area contributed by atoms with Crippen molar-refractivity contribution >= 4 is 21.8 Å². The summed E-state index contributed by atoms with van der Waals surface area (Å²) in [5.41, 5.74) is 0. The normalized spacial score (nSPS) is 19.6. The highest BCUT2D eigenvalue weighted by Crippen LogP contribution is 2.26. The van der Waals surface area contributed by atoms with Crippen LogP contribution in [-0.4, -0.2) is 57.4 Å². The van der Waals surface area contributed by atoms with Crippen molar-refractivity contribution in [2.45, 2.75) is 68.8 Å². The minimum absolute atomic E-state index is 0.0594. The monoisotopic (exact) mass is 451 g/mol. The lowest BCUT2D eigenvalue weighted by atomic mass is 9.87. The first-order valence-electron chi connectivity index (χ1n) is 11.1. The molecule has 3 rings (SSSR count). The summed E-state index contributed by atoms with van der Waals surface area (Å²) in [6, 6.07) is 5.02. The number of methoxy groups -OCH3 is 1. The molecule has 0 unspecified atom stereocenters. The van der Waals surface area contributed by atoms with Crippen LogP contribution in [0, 0.1) is 5.92 Å². The second-order valence-electron chi connectivity index (χ2n) is 8.46. The number of piperidine rings is 1. The highest BCUT2D eigenvalue weighted by Gasteiger charge is 2.30. The van der Waals surface area contributed by atoms with E-state index in [2.05, 4.69) is 10.0 Å². The minimum Gasteiger partial charge on any atom is -0.497 e. The molecule has 1 aromatic carbocycles. The summed E-state index contributed by atoms with van der Waals surface area (Å²) in [6.45, 7) is 2.79. The summed E-state index contributed by atoms with van der Waals surface area (Å²) in [5, 5.41) is 2.93. The van der Waals surface area contributed by atoms with Gasteiger partial charge in [-0.1, -0.05) is 19.3 Å². The largest absolute Gasteiger partial charge is 0.497 e. The Morgan fingerprint density at radius 1 is 1.03 bits per heavy atom. The Bertz CT molecular complexity index is 858. The third kappa shape index (κ3) is 6.20. The molecule has 1 atom stereocenters. The van der Waals surface area contributed by atoms with Gasteiger partial charge in [0.25, 0.3) is 0 Å². The van der Waals surface area contributed by atoms with E-state index >= 15 is 0 Å². The van der Waals surface area contributed by atoms with Crippen molar-refractivity contribution in [3.05, 3.63) is 24.3 Å². The number of nitrogens with zero attached hydrogens (tertiary/aromatic N) is 1. The molecule has 1 saturated heterocycles. The van der Waals surface area contributed by atoms with Gasteiger partial charge in [0.15, 0.2) is 0 Å². The summed E-state index contributed by atoms with van der Waals surface area (Å²) in [4.78, 5) is 27.2. The molecule has 1 aliphatic carbocycles. The first-order valence-corrected chi connectivity index (χ1v) is 12.5. The third-order valence-corrected chi connectivity index (χ3v) is 7.76. The summed E-state index contributed by atoms with van der Waals surface area (Å²) in [6.07, 6.45) is 6.83. The topological polar surface area (TPSA) is 105 Å². The van der Waals surface area contributed by atoms with Gasteiger partial charge in [-0.05, 0) is 56.9 Å². The fourth-order valence-electron chi connectivity index (χ4n) is 4.29. The van der Waals surface area contributed by atoms with E-state index in [1.807, 2.05) is 4.90 Å². The van der Waals surface area contributed by atoms with Gasteiger partial charge in [-0.2, -0.15) is 4.72 Å². The van der Waals surface area contributed by atoms with Gasteiger partial charge in [0.1, 0.15) is 5.75 Å². The van der Waals surface area contributed by atoms with Crippen molar-refractivity contribution in [3.63, 3.8) is 0 Å². The third-order valence-electron chi connectivity index (χ3n) is 6.20. The van der Waals surface area contributed by atoms with Crippen LogP contribution in [0.25, 0.3) is 0 Å². The Balaban J connectivity index is 1.47. The van der Waals surface area contributed by atoms with Crippen LogP contribution in [0.1, 0.15) is 51.9 Å². The number of amides is 2. The molecule has 1 saturated carbocycles. The van der Waals surface area contributed by atoms with Crippen molar-refractivity contribution in [1.29, 1.82) is 0 Å². The molecular formula is C22H33N3O5S. The number of ether oxygens (including phenoxy) is 1. The molecule has 2 amide bonds. The van der Waals surface area contributed by atoms with Crippen molar-refractivity contribution in [3.8, 4) is 5.75 Å². The van der Waals surface area contributed by atoms with Crippen molar-refractivity contribution in [2.24, 2.45) is 5.92 Å². The number of carbonyl (C=O) groups is 2. The molecule has 0 spiro atoms. The summed E-state index contributed by atoms with van der Waals surface area (Å²) in [5.74, 6) is 0.601. The molecule has 9 heteroatoms. The molecule has 0 bridgehead atoms. The lowest BCUT2D eigenvalue weighted by Gasteiger charge is -2.35. The van der Waals surface area contributed by atoms with Gasteiger partial charge < -0.3 is 15.0 Å². The maximum atomic E-state index is 12.7. The van der Waals surface area contributed by atoms with E-state index in [0.717, 1.165) is 25.7 Å². The SMILES string of the molecule is COc1ccc(S(=O)(=O)N[C@@H](C)C(=O)NC2CCN(C(=O)C3CCCCC3)CC2)cc1. The van der Waals surface area contributed by atoms with E-state index in [1.54, 1.807) is 12.1 Å². The maximum Gasteiger partial charge on any atom is 0.241 e. The van der Waals surface area contributed by atoms with E-state index < -0.39 is 16.1 Å². The number of likely N-dealkylation sites (tertiary alicyclic amines) is 1. The van der Waals surface area contributed by atoms with Gasteiger partial charge >= 0.3 is 0 Å². The number of benzene rings is 1. The molecule has 172 valence electrons. The molecule has 0 radical (unpaired) electrons. The second-order valence-corrected chi connectivity index (χ2v) is 10.2. The zero-order chi connectivity index (χ0) is 22.4. The summed E-state index contributed by atoms with van der Waals surface area (Å²) in [7, 11) is -2.32. The molecule has 8 nitrogen and oxygen atoms in total. The Kier molecular flexibility index (Phi) is 7.94. The Hall–Kier alpha value is -2.13. The highest BCUT2D eigenvalue weighted by molar-refractivity contribution is 7.89. The molecule has 31 heavy (non-hydrogen) atoms. The molecule has 1 heterocycles. The number of hydrogen-bond acceptors (Lipinski definition) is 5. The van der Waals surface area contributed by atoms with Crippen molar-refractivity contribution in [2.75, 3.05) is 20.2 Å². The molecule has 0 aromatic heterocycles. The predicted octanol–water partition coefficient (Wildman–Crippen LogP) is 2.05. The fraction of sp³-hybridized carbons (Fsp3) is 0.636. The number of nitrogens with one attached hydrogen (secondary N) is 2. The van der Waals surface area contributed by atoms with E-state index in [0.29, 0.717) is 31.7 Å². The fourth-order valence-corrected chi connectivity index (χ4v) is 5.49. The van der Waals surface area contributed by atoms with Gasteiger partial charge in [0.2, 0.25) is 21.8 Å². The van der Waals surface area contributed by atoms with Crippen LogP contribution in [0.3, 0.4) is 0 Å². The van der Waals surface area contributed by atoms with Crippen molar-refractivity contribution < 1.29 is 22.7 Å². The summed E-state index contributed by atoms with van der Waals surface area (Å²) < 4.78 is 32.5. The lowest BCUT2D eigenvalue weighted by Crippen LogP contribution is -2.52. The average Bonchev–Trinajstić information content (AvgIpc) is 2.79. The zero-order valence-electron chi connectivity index (χ0n) is 18.3. The minimum atomic E-state index is -3.82. The smallest absolute Gasteiger partial charge is 0.241 e. The Morgan fingerprint density at radius 3 is 2.23 bits per heavy atom. The first kappa shape index (κ1) is 23.5. The molecular weight excluding hydrogens is 418 g/mol. The van der Waals surface area contributed by atoms with E-state index in [4.69, 9.17) is 4.74 Å². The van der Waals surface area contributed by atoms with Gasteiger partial charge in [0, 0.05) is 25.0 Å². The quantitative estimate of drug-likeness (QED) is 0.660. The van der Waals surface area contributed by atoms with Crippen LogP contribution in [0.2, 0.25) is 0 Å². The summed E-state index contributed by atoms with van der Waals surface area (Å²) >= 11 is 0. The molecule has 2 N–H and O–H groups in total. The first-order chi connectivity index (χ1) is 14.8. The second kappa shape index (κ2) is 10.5. The van der Waals surface area contributed by atoms with Crippen molar-refractivity contribution in [1.82, 2.24) is 14.9 Å². The zero-order valence-corrected chi connectivity index (χ0v) is 19.1. The van der Waals surface area contributed by atoms with Crippen LogP contribution >= 0.6 is 0 Å². The Morgan fingerprint density at radius 2 is 1.65 bits per heavy atom. The van der Waals surface area contributed by atoms with E-state index in [-0.39, 0.29) is 28.7 Å². The van der Waals surface area contributed by atoms with Crippen LogP contribution < -0.4 is 14.8 Å². The molecule has 1 aliphatic heterocycles. The standard InChI is InChI=1S/C22H33N3O5S/c1-16(24-31(28,29)20-10-8-19(30-2)9-11-20)21(26)23-18-12-14-25(15-13-18)22(27)17-6-4-3-5-7-17/h8-11,16-18,24H,3-7,12-15H2,1-2H3,(H,23,26)/t16-/m0/s1. The highest BCUT2D eigenvalue weighted by atomic mass is 32.2. The predicted molar refractivity (Wildman–Crippen MR) is 117 cm³/mol. The van der Waals surface area contributed by atoms with Crippen LogP contribution in [0.5, 0.6) is 5.75 Å². The number of hydrogen-bond donors (Lipinski definition) is 2. The molecule has 2 fully saturated rings. The number of carbonyl (C=O) groups excluding carboxylic acids is 2.